The van der Waals surface area contributed by atoms with Gasteiger partial charge in [0.25, 0.3) is 0 Å². The highest BCUT2D eigenvalue weighted by Gasteiger charge is 2.17. The summed E-state index contributed by atoms with van der Waals surface area (Å²) in [7, 11) is 1.41. The Bertz CT molecular complexity index is 432. The minimum Gasteiger partial charge on any atom is -0.480 e. The number of pyridine rings is 1. The number of hydrogen-bond donors (Lipinski definition) is 2. The molecule has 1 heterocycles. The second-order valence-electron chi connectivity index (χ2n) is 3.64. The molecule has 0 aliphatic carbocycles. The van der Waals surface area contributed by atoms with Gasteiger partial charge in [0.2, 0.25) is 0 Å². The number of nitrogens with one attached hydrogen (secondary N) is 1. The third-order valence-corrected chi connectivity index (χ3v) is 2.23. The first-order valence-electron chi connectivity index (χ1n) is 5.70. The number of hydrogen-bond acceptors (Lipinski definition) is 6. The summed E-state index contributed by atoms with van der Waals surface area (Å²) in [6.45, 7) is 2.01. The number of methoxy groups -OCH3 is 1. The lowest BCUT2D eigenvalue weighted by atomic mass is 10.2. The maximum Gasteiger partial charge on any atom is 0.339 e. The van der Waals surface area contributed by atoms with Gasteiger partial charge < -0.3 is 19.9 Å². The number of carbonyl (C=O) groups excluding carboxylic acids is 1. The van der Waals surface area contributed by atoms with Crippen molar-refractivity contribution in [3.63, 3.8) is 0 Å². The fraction of sp³-hybridized carbons (Fsp3) is 0.417. The molecule has 1 atom stereocenters. The second-order valence-corrected chi connectivity index (χ2v) is 3.64. The van der Waals surface area contributed by atoms with Crippen LogP contribution < -0.4 is 5.32 Å². The van der Waals surface area contributed by atoms with E-state index in [2.05, 4.69) is 10.3 Å². The fourth-order valence-electron chi connectivity index (χ4n) is 1.33. The van der Waals surface area contributed by atoms with Crippen LogP contribution in [0.4, 0.5) is 5.82 Å². The molecule has 1 aromatic heterocycles. The van der Waals surface area contributed by atoms with Crippen LogP contribution in [-0.4, -0.2) is 48.4 Å². The second kappa shape index (κ2) is 7.32. The van der Waals surface area contributed by atoms with Crippen molar-refractivity contribution in [3.8, 4) is 0 Å². The van der Waals surface area contributed by atoms with Crippen LogP contribution in [0.5, 0.6) is 0 Å². The molecule has 0 radical (unpaired) electrons. The third-order valence-electron chi connectivity index (χ3n) is 2.23. The quantitative estimate of drug-likeness (QED) is 0.705. The number of carboxylic acid groups (broad SMARTS) is 1. The van der Waals surface area contributed by atoms with E-state index in [4.69, 9.17) is 14.6 Å². The van der Waals surface area contributed by atoms with Crippen LogP contribution in [-0.2, 0) is 14.3 Å². The highest BCUT2D eigenvalue weighted by atomic mass is 16.5. The molecular weight excluding hydrogens is 252 g/mol. The van der Waals surface area contributed by atoms with Crippen LogP contribution in [0.15, 0.2) is 18.3 Å². The fourth-order valence-corrected chi connectivity index (χ4v) is 1.33. The van der Waals surface area contributed by atoms with E-state index in [1.54, 1.807) is 6.92 Å². The summed E-state index contributed by atoms with van der Waals surface area (Å²) in [5.74, 6) is -1.16. The van der Waals surface area contributed by atoms with Crippen LogP contribution in [0, 0.1) is 0 Å². The summed E-state index contributed by atoms with van der Waals surface area (Å²) in [6, 6.07) is 2.13. The Balaban J connectivity index is 2.70. The number of anilines is 1. The number of aromatic nitrogens is 1. The molecule has 0 saturated carbocycles. The summed E-state index contributed by atoms with van der Waals surface area (Å²) in [4.78, 5) is 26.3. The van der Waals surface area contributed by atoms with Gasteiger partial charge in [0.05, 0.1) is 18.8 Å². The zero-order chi connectivity index (χ0) is 14.3. The molecule has 0 bridgehead atoms. The summed E-state index contributed by atoms with van der Waals surface area (Å²) >= 11 is 0. The zero-order valence-electron chi connectivity index (χ0n) is 10.8. The minimum atomic E-state index is -1.04. The van der Waals surface area contributed by atoms with E-state index in [-0.39, 0.29) is 13.2 Å². The molecule has 0 amide bonds. The van der Waals surface area contributed by atoms with Crippen molar-refractivity contribution in [2.45, 2.75) is 13.0 Å². The predicted molar refractivity (Wildman–Crippen MR) is 67.1 cm³/mol. The lowest BCUT2D eigenvalue weighted by Gasteiger charge is -2.13. The molecule has 7 heteroatoms. The normalized spacial score (nSPS) is 11.7. The van der Waals surface area contributed by atoms with Crippen molar-refractivity contribution in [1.82, 2.24) is 4.98 Å². The molecule has 2 N–H and O–H groups in total. The van der Waals surface area contributed by atoms with Crippen LogP contribution in [0.25, 0.3) is 0 Å². The van der Waals surface area contributed by atoms with Gasteiger partial charge in [-0.25, -0.2) is 14.6 Å². The molecule has 1 unspecified atom stereocenters. The molecule has 7 nitrogen and oxygen atoms in total. The van der Waals surface area contributed by atoms with Crippen molar-refractivity contribution >= 4 is 17.8 Å². The minimum absolute atomic E-state index is 0.0106. The summed E-state index contributed by atoms with van der Waals surface area (Å²) in [6.07, 6.45) is 1.33. The van der Waals surface area contributed by atoms with Gasteiger partial charge >= 0.3 is 11.9 Å². The molecule has 0 saturated heterocycles. The number of ether oxygens (including phenoxy) is 2. The Hall–Kier alpha value is -2.15. The van der Waals surface area contributed by atoms with Crippen molar-refractivity contribution in [2.24, 2.45) is 0 Å². The van der Waals surface area contributed by atoms with Gasteiger partial charge in [-0.2, -0.15) is 0 Å². The van der Waals surface area contributed by atoms with Crippen LogP contribution in [0.3, 0.4) is 0 Å². The van der Waals surface area contributed by atoms with E-state index in [1.165, 1.54) is 25.4 Å². The molecule has 1 rings (SSSR count). The van der Waals surface area contributed by atoms with Gasteiger partial charge in [-0.3, -0.25) is 0 Å². The van der Waals surface area contributed by atoms with Gasteiger partial charge in [-0.1, -0.05) is 0 Å². The summed E-state index contributed by atoms with van der Waals surface area (Å²) in [5, 5.41) is 11.6. The van der Waals surface area contributed by atoms with E-state index in [0.717, 1.165) is 0 Å². The lowest BCUT2D eigenvalue weighted by molar-refractivity contribution is -0.139. The Labute approximate surface area is 110 Å². The molecular formula is C12H16N2O5. The van der Waals surface area contributed by atoms with E-state index >= 15 is 0 Å². The Morgan fingerprint density at radius 3 is 2.68 bits per heavy atom. The average molecular weight is 268 g/mol. The molecule has 0 spiro atoms. The van der Waals surface area contributed by atoms with Crippen molar-refractivity contribution in [3.05, 3.63) is 23.9 Å². The molecule has 19 heavy (non-hydrogen) atoms. The smallest absolute Gasteiger partial charge is 0.339 e. The predicted octanol–water partition coefficient (Wildman–Crippen LogP) is 0.770. The lowest BCUT2D eigenvalue weighted by Crippen LogP contribution is -2.33. The average Bonchev–Trinajstić information content (AvgIpc) is 2.39. The van der Waals surface area contributed by atoms with E-state index in [1.807, 2.05) is 0 Å². The van der Waals surface area contributed by atoms with E-state index in [9.17, 15) is 9.59 Å². The number of carbonyl (C=O) groups is 2. The first-order chi connectivity index (χ1) is 9.08. The topological polar surface area (TPSA) is 97.8 Å². The highest BCUT2D eigenvalue weighted by molar-refractivity contribution is 5.89. The van der Waals surface area contributed by atoms with Crippen molar-refractivity contribution in [2.75, 3.05) is 25.6 Å². The standard InChI is InChI=1S/C12H16N2O5/c1-3-19-12(17)8-4-5-10(13-6-8)14-9(7-18-2)11(15)16/h4-6,9H,3,7H2,1-2H3,(H,13,14)(H,15,16). The van der Waals surface area contributed by atoms with Gasteiger partial charge in [-0.05, 0) is 19.1 Å². The van der Waals surface area contributed by atoms with E-state index < -0.39 is 18.0 Å². The van der Waals surface area contributed by atoms with Gasteiger partial charge in [0, 0.05) is 13.3 Å². The summed E-state index contributed by atoms with van der Waals surface area (Å²) in [5.41, 5.74) is 0.311. The molecule has 0 aliphatic heterocycles. The largest absolute Gasteiger partial charge is 0.480 e. The van der Waals surface area contributed by atoms with Crippen LogP contribution in [0.2, 0.25) is 0 Å². The van der Waals surface area contributed by atoms with Gasteiger partial charge in [0.1, 0.15) is 11.9 Å². The molecule has 1 aromatic rings. The molecule has 0 aliphatic rings. The Kier molecular flexibility index (Phi) is 5.74. The van der Waals surface area contributed by atoms with Crippen LogP contribution in [0.1, 0.15) is 17.3 Å². The Morgan fingerprint density at radius 1 is 1.47 bits per heavy atom. The van der Waals surface area contributed by atoms with Gasteiger partial charge in [0.15, 0.2) is 0 Å². The molecule has 104 valence electrons. The summed E-state index contributed by atoms with van der Waals surface area (Å²) < 4.78 is 9.60. The number of nitrogens with zero attached hydrogens (tertiary/aromatic N) is 1. The first-order valence-corrected chi connectivity index (χ1v) is 5.70. The monoisotopic (exact) mass is 268 g/mol. The first kappa shape index (κ1) is 14.9. The maximum atomic E-state index is 11.4. The number of esters is 1. The van der Waals surface area contributed by atoms with Crippen molar-refractivity contribution < 1.29 is 24.2 Å². The number of rotatable bonds is 7. The van der Waals surface area contributed by atoms with Crippen molar-refractivity contribution in [1.29, 1.82) is 0 Å². The van der Waals surface area contributed by atoms with Gasteiger partial charge in [-0.15, -0.1) is 0 Å². The van der Waals surface area contributed by atoms with E-state index in [0.29, 0.717) is 11.4 Å². The number of carboxylic acids is 1. The number of aliphatic carboxylic acids is 1. The molecule has 0 fully saturated rings. The Morgan fingerprint density at radius 2 is 2.21 bits per heavy atom. The zero-order valence-corrected chi connectivity index (χ0v) is 10.8. The highest BCUT2D eigenvalue weighted by Crippen LogP contribution is 2.08. The maximum absolute atomic E-state index is 11.4. The van der Waals surface area contributed by atoms with Crippen LogP contribution >= 0.6 is 0 Å². The third kappa shape index (κ3) is 4.55. The SMILES string of the molecule is CCOC(=O)c1ccc(NC(COC)C(=O)O)nc1. The molecule has 0 aromatic carbocycles.